The summed E-state index contributed by atoms with van der Waals surface area (Å²) in [7, 11) is -8.34. The summed E-state index contributed by atoms with van der Waals surface area (Å²) in [6, 6.07) is -1.22. The number of nitrogens with two attached hydrogens (primary N) is 1. The fourth-order valence-corrected chi connectivity index (χ4v) is 3.64. The van der Waals surface area contributed by atoms with E-state index in [1.165, 1.54) is 0 Å². The van der Waals surface area contributed by atoms with Crippen LogP contribution in [0, 0.1) is 0 Å². The Balaban J connectivity index is 4.23. The lowest BCUT2D eigenvalue weighted by Crippen LogP contribution is -2.30. The smallest absolute Gasteiger partial charge is 0.475 e. The summed E-state index contributed by atoms with van der Waals surface area (Å²) in [5.41, 5.74) is 5.12. The predicted molar refractivity (Wildman–Crippen MR) is 51.8 cm³/mol. The minimum atomic E-state index is -4.82. The number of carboxylic acid groups (broad SMARTS) is 1. The molecule has 0 fully saturated rings. The van der Waals surface area contributed by atoms with Crippen molar-refractivity contribution in [1.82, 2.24) is 0 Å². The molecular weight excluding hydrogens is 248 g/mol. The summed E-state index contributed by atoms with van der Waals surface area (Å²) in [4.78, 5) is 27.1. The van der Waals surface area contributed by atoms with Crippen LogP contribution in [0.5, 0.6) is 0 Å². The van der Waals surface area contributed by atoms with E-state index in [9.17, 15) is 13.9 Å². The van der Waals surface area contributed by atoms with Gasteiger partial charge in [0.05, 0.1) is 0 Å². The van der Waals surface area contributed by atoms with E-state index in [4.69, 9.17) is 20.6 Å². The van der Waals surface area contributed by atoms with Crippen molar-refractivity contribution < 1.29 is 33.1 Å². The fourth-order valence-electron chi connectivity index (χ4n) is 0.763. The molecule has 0 saturated carbocycles. The molecule has 90 valence electrons. The standard InChI is InChI=1S/C5H13NO7P2/c1-14(9,13-15(10,11)12)3-2-4(6)5(7)8/h4H,2-3,6H2,1H3,(H,7,8)(H2,10,11,12)/t4-,14?/m0/s1. The number of hydrogen-bond acceptors (Lipinski definition) is 5. The molecule has 0 saturated heterocycles. The molecule has 0 rings (SSSR count). The molecule has 0 aromatic heterocycles. The minimum absolute atomic E-state index is 0.177. The molecule has 0 aliphatic rings. The Bertz CT molecular complexity index is 323. The quantitative estimate of drug-likeness (QED) is 0.480. The molecule has 10 heteroatoms. The van der Waals surface area contributed by atoms with Crippen molar-refractivity contribution in [3.05, 3.63) is 0 Å². The van der Waals surface area contributed by atoms with Gasteiger partial charge in [0.1, 0.15) is 6.04 Å². The zero-order valence-corrected chi connectivity index (χ0v) is 9.73. The van der Waals surface area contributed by atoms with Gasteiger partial charge in [-0.2, -0.15) is 0 Å². The van der Waals surface area contributed by atoms with Crippen LogP contribution in [0.15, 0.2) is 0 Å². The maximum Gasteiger partial charge on any atom is 0.475 e. The monoisotopic (exact) mass is 261 g/mol. The highest BCUT2D eigenvalue weighted by atomic mass is 31.3. The SMILES string of the molecule is CP(=O)(CC[C@H](N)C(=O)O)OP(=O)(O)O. The van der Waals surface area contributed by atoms with E-state index in [1.54, 1.807) is 0 Å². The van der Waals surface area contributed by atoms with Crippen molar-refractivity contribution in [1.29, 1.82) is 0 Å². The lowest BCUT2D eigenvalue weighted by Gasteiger charge is -2.15. The third-order valence-electron chi connectivity index (χ3n) is 1.44. The van der Waals surface area contributed by atoms with Crippen molar-refractivity contribution in [2.24, 2.45) is 5.73 Å². The molecule has 0 heterocycles. The van der Waals surface area contributed by atoms with Gasteiger partial charge in [-0.1, -0.05) is 0 Å². The van der Waals surface area contributed by atoms with Crippen molar-refractivity contribution in [2.45, 2.75) is 12.5 Å². The van der Waals surface area contributed by atoms with E-state index in [1.807, 2.05) is 0 Å². The number of aliphatic carboxylic acids is 1. The number of hydrogen-bond donors (Lipinski definition) is 4. The van der Waals surface area contributed by atoms with Gasteiger partial charge in [0, 0.05) is 12.8 Å². The Hall–Kier alpha value is -0.230. The molecule has 2 atom stereocenters. The van der Waals surface area contributed by atoms with Gasteiger partial charge < -0.3 is 20.6 Å². The number of phosphoric acid groups is 1. The van der Waals surface area contributed by atoms with Gasteiger partial charge in [-0.15, -0.1) is 0 Å². The Morgan fingerprint density at radius 2 is 1.93 bits per heavy atom. The van der Waals surface area contributed by atoms with Gasteiger partial charge >= 0.3 is 13.8 Å². The van der Waals surface area contributed by atoms with Crippen LogP contribution in [0.3, 0.4) is 0 Å². The van der Waals surface area contributed by atoms with E-state index < -0.39 is 27.2 Å². The number of rotatable bonds is 6. The molecule has 0 amide bonds. The Morgan fingerprint density at radius 1 is 1.47 bits per heavy atom. The summed E-state index contributed by atoms with van der Waals surface area (Å²) in [5, 5.41) is 8.40. The molecule has 5 N–H and O–H groups in total. The second-order valence-electron chi connectivity index (χ2n) is 3.04. The molecule has 0 radical (unpaired) electrons. The summed E-state index contributed by atoms with van der Waals surface area (Å²) in [6.45, 7) is 1.01. The maximum absolute atomic E-state index is 11.4. The molecule has 15 heavy (non-hydrogen) atoms. The number of carbonyl (C=O) groups is 1. The summed E-state index contributed by atoms with van der Waals surface area (Å²) in [5.74, 6) is -1.27. The molecule has 1 unspecified atom stereocenters. The van der Waals surface area contributed by atoms with E-state index in [-0.39, 0.29) is 12.6 Å². The molecular formula is C5H13NO7P2. The minimum Gasteiger partial charge on any atom is -0.480 e. The predicted octanol–water partition coefficient (Wildman–Crippen LogP) is -0.194. The van der Waals surface area contributed by atoms with Crippen LogP contribution in [-0.4, -0.2) is 39.7 Å². The molecule has 0 aromatic rings. The third-order valence-corrected chi connectivity index (χ3v) is 4.75. The Kier molecular flexibility index (Phi) is 5.13. The van der Waals surface area contributed by atoms with E-state index >= 15 is 0 Å². The van der Waals surface area contributed by atoms with Crippen LogP contribution in [0.1, 0.15) is 6.42 Å². The topological polar surface area (TPSA) is 147 Å². The molecule has 0 aliphatic carbocycles. The number of carboxylic acids is 1. The van der Waals surface area contributed by atoms with Crippen LogP contribution < -0.4 is 5.73 Å². The van der Waals surface area contributed by atoms with Crippen LogP contribution in [0.4, 0.5) is 0 Å². The van der Waals surface area contributed by atoms with Crippen LogP contribution in [-0.2, 0) is 18.2 Å². The highest BCUT2D eigenvalue weighted by Gasteiger charge is 2.28. The van der Waals surface area contributed by atoms with Crippen molar-refractivity contribution in [2.75, 3.05) is 12.8 Å². The van der Waals surface area contributed by atoms with Crippen LogP contribution in [0.2, 0.25) is 0 Å². The molecule has 0 spiro atoms. The van der Waals surface area contributed by atoms with Crippen molar-refractivity contribution >= 4 is 21.2 Å². The fraction of sp³-hybridized carbons (Fsp3) is 0.800. The first kappa shape index (κ1) is 14.8. The second kappa shape index (κ2) is 5.21. The lowest BCUT2D eigenvalue weighted by molar-refractivity contribution is -0.138. The Labute approximate surface area is 86.1 Å². The zero-order chi connectivity index (χ0) is 12.3. The molecule has 0 aromatic carbocycles. The van der Waals surface area contributed by atoms with Crippen molar-refractivity contribution in [3.8, 4) is 0 Å². The molecule has 0 aliphatic heterocycles. The maximum atomic E-state index is 11.4. The van der Waals surface area contributed by atoms with Crippen molar-refractivity contribution in [3.63, 3.8) is 0 Å². The zero-order valence-electron chi connectivity index (χ0n) is 7.94. The first-order valence-electron chi connectivity index (χ1n) is 3.85. The molecule has 8 nitrogen and oxygen atoms in total. The van der Waals surface area contributed by atoms with E-state index in [2.05, 4.69) is 4.31 Å². The lowest BCUT2D eigenvalue weighted by atomic mass is 10.2. The summed E-state index contributed by atoms with van der Waals surface area (Å²) in [6.07, 6.45) is -0.477. The van der Waals surface area contributed by atoms with Crippen LogP contribution in [0.25, 0.3) is 0 Å². The second-order valence-corrected chi connectivity index (χ2v) is 7.15. The first-order chi connectivity index (χ1) is 6.53. The van der Waals surface area contributed by atoms with Crippen LogP contribution >= 0.6 is 15.2 Å². The summed E-state index contributed by atoms with van der Waals surface area (Å²) >= 11 is 0. The normalized spacial score (nSPS) is 18.1. The van der Waals surface area contributed by atoms with Gasteiger partial charge in [-0.05, 0) is 6.42 Å². The van der Waals surface area contributed by atoms with Gasteiger partial charge in [0.2, 0.25) is 7.37 Å². The molecule has 0 bridgehead atoms. The average molecular weight is 261 g/mol. The highest BCUT2D eigenvalue weighted by Crippen LogP contribution is 2.57. The highest BCUT2D eigenvalue weighted by molar-refractivity contribution is 7.66. The largest absolute Gasteiger partial charge is 0.480 e. The summed E-state index contributed by atoms with van der Waals surface area (Å²) < 4.78 is 25.8. The average Bonchev–Trinajstić information content (AvgIpc) is 1.95. The third kappa shape index (κ3) is 7.67. The van der Waals surface area contributed by atoms with E-state index in [0.29, 0.717) is 0 Å². The van der Waals surface area contributed by atoms with Gasteiger partial charge in [0.15, 0.2) is 0 Å². The first-order valence-corrected chi connectivity index (χ1v) is 7.64. The van der Waals surface area contributed by atoms with Gasteiger partial charge in [-0.25, -0.2) is 8.88 Å². The van der Waals surface area contributed by atoms with Gasteiger partial charge in [-0.3, -0.25) is 9.36 Å². The van der Waals surface area contributed by atoms with Gasteiger partial charge in [0.25, 0.3) is 0 Å². The Morgan fingerprint density at radius 3 is 2.27 bits per heavy atom. The van der Waals surface area contributed by atoms with E-state index in [0.717, 1.165) is 6.66 Å².